The van der Waals surface area contributed by atoms with Gasteiger partial charge in [0.2, 0.25) is 0 Å². The molecule has 0 aliphatic heterocycles. The zero-order chi connectivity index (χ0) is 5.28. The van der Waals surface area contributed by atoms with Crippen LogP contribution in [-0.2, 0) is 24.4 Å². The summed E-state index contributed by atoms with van der Waals surface area (Å²) >= 11 is 1.25. The summed E-state index contributed by atoms with van der Waals surface area (Å²) in [5, 5.41) is 0. The van der Waals surface area contributed by atoms with E-state index in [1.807, 2.05) is 0 Å². The predicted molar refractivity (Wildman–Crippen MR) is 26.5 cm³/mol. The van der Waals surface area contributed by atoms with E-state index in [1.165, 1.54) is 36.4 Å². The van der Waals surface area contributed by atoms with Gasteiger partial charge in [-0.2, -0.15) is 0 Å². The molecule has 0 amide bonds. The first-order valence-corrected chi connectivity index (χ1v) is 4.18. The van der Waals surface area contributed by atoms with Crippen LogP contribution >= 0.6 is 0 Å². The first-order valence-electron chi connectivity index (χ1n) is 2.38. The van der Waals surface area contributed by atoms with Gasteiger partial charge in [-0.1, -0.05) is 0 Å². The van der Waals surface area contributed by atoms with Gasteiger partial charge in [-0.05, 0) is 0 Å². The van der Waals surface area contributed by atoms with E-state index in [4.69, 9.17) is 0 Å². The van der Waals surface area contributed by atoms with Crippen LogP contribution in [0.15, 0.2) is 21.1 Å². The van der Waals surface area contributed by atoms with Crippen molar-refractivity contribution in [3.8, 4) is 0 Å². The van der Waals surface area contributed by atoms with E-state index in [0.717, 1.165) is 0 Å². The second-order valence-corrected chi connectivity index (χ2v) is 3.94. The van der Waals surface area contributed by atoms with Crippen LogP contribution in [-0.4, -0.2) is 0 Å². The largest absolute Gasteiger partial charge is 1.00 e. The first-order chi connectivity index (χ1) is 3.30. The quantitative estimate of drug-likeness (QED) is 0.375. The van der Waals surface area contributed by atoms with Crippen molar-refractivity contribution < 1.29 is 61.6 Å². The number of allylic oxidation sites excluding steroid dienone is 4. The van der Waals surface area contributed by atoms with Crippen molar-refractivity contribution in [1.29, 1.82) is 0 Å². The number of rotatable bonds is 0. The molecule has 0 aromatic carbocycles. The fraction of sp³-hybridized carbons (Fsp3) is 0.333. The Balaban J connectivity index is -0.000000163. The van der Waals surface area contributed by atoms with Crippen LogP contribution in [0.25, 0.3) is 0 Å². The third kappa shape index (κ3) is 4.95. The van der Waals surface area contributed by atoms with Crippen LogP contribution in [0.3, 0.4) is 0 Å². The third-order valence-corrected chi connectivity index (χ3v) is 3.32. The second kappa shape index (κ2) is 8.32. The number of halogens is 3. The maximum absolute atomic E-state index is 2.23. The summed E-state index contributed by atoms with van der Waals surface area (Å²) in [7, 11) is 0. The molecule has 0 aromatic rings. The van der Waals surface area contributed by atoms with Crippen LogP contribution in [0.1, 0.15) is 13.3 Å². The van der Waals surface area contributed by atoms with Gasteiger partial charge in [0.1, 0.15) is 0 Å². The van der Waals surface area contributed by atoms with Gasteiger partial charge >= 0.3 is 58.8 Å². The Labute approximate surface area is 95.3 Å². The van der Waals surface area contributed by atoms with Gasteiger partial charge in [0.25, 0.3) is 0 Å². The van der Waals surface area contributed by atoms with Gasteiger partial charge in [-0.3, -0.25) is 0 Å². The SMILES string of the molecule is CC1=[C]([Hf+3])CC=C1.[Cl-].[Cl-].[Cl-]. The molecule has 4 heteroatoms. The van der Waals surface area contributed by atoms with Gasteiger partial charge in [-0.25, -0.2) is 0 Å². The van der Waals surface area contributed by atoms with E-state index >= 15 is 0 Å². The zero-order valence-corrected chi connectivity index (χ0v) is 11.4. The molecule has 0 heterocycles. The van der Waals surface area contributed by atoms with Crippen LogP contribution in [0.5, 0.6) is 0 Å². The molecule has 56 valence electrons. The van der Waals surface area contributed by atoms with E-state index in [0.29, 0.717) is 0 Å². The molecular formula is C6H7Cl3Hf. The minimum atomic E-state index is 0. The molecule has 0 fully saturated rings. The summed E-state index contributed by atoms with van der Waals surface area (Å²) in [6.07, 6.45) is 5.68. The summed E-state index contributed by atoms with van der Waals surface area (Å²) in [5.41, 5.74) is 1.51. The minimum absolute atomic E-state index is 0. The van der Waals surface area contributed by atoms with Gasteiger partial charge in [0, 0.05) is 0 Å². The molecule has 0 unspecified atom stereocenters. The van der Waals surface area contributed by atoms with Crippen molar-refractivity contribution in [2.45, 2.75) is 13.3 Å². The predicted octanol–water partition coefficient (Wildman–Crippen LogP) is -7.22. The Morgan fingerprint density at radius 2 is 1.80 bits per heavy atom. The minimum Gasteiger partial charge on any atom is -1.00 e. The Morgan fingerprint density at radius 1 is 1.30 bits per heavy atom. The van der Waals surface area contributed by atoms with E-state index in [2.05, 4.69) is 19.1 Å². The Kier molecular flexibility index (Phi) is 14.4. The van der Waals surface area contributed by atoms with Crippen molar-refractivity contribution in [2.24, 2.45) is 0 Å². The smallest absolute Gasteiger partial charge is 1.00 e. The number of hydrogen-bond acceptors (Lipinski definition) is 0. The van der Waals surface area contributed by atoms with E-state index in [1.54, 1.807) is 3.33 Å². The van der Waals surface area contributed by atoms with E-state index < -0.39 is 0 Å². The molecule has 0 spiro atoms. The summed E-state index contributed by atoms with van der Waals surface area (Å²) in [5.74, 6) is 0. The normalized spacial score (nSPS) is 13.5. The average molecular weight is 364 g/mol. The standard InChI is InChI=1S/C6H7.3ClH.Hf/c1-6-4-2-3-5-6;;;;/h2,4H,3H2,1H3;3*1H;/q;;;;+3/p-3. The fourth-order valence-electron chi connectivity index (χ4n) is 0.615. The van der Waals surface area contributed by atoms with Crippen LogP contribution in [0, 0.1) is 0 Å². The Bertz CT molecular complexity index is 140. The number of hydrogen-bond donors (Lipinski definition) is 0. The maximum Gasteiger partial charge on any atom is -1.00 e. The summed E-state index contributed by atoms with van der Waals surface area (Å²) in [6, 6.07) is 0. The molecule has 0 bridgehead atoms. The van der Waals surface area contributed by atoms with Crippen LogP contribution < -0.4 is 37.2 Å². The Morgan fingerprint density at radius 3 is 1.90 bits per heavy atom. The van der Waals surface area contributed by atoms with Gasteiger partial charge in [0.15, 0.2) is 0 Å². The van der Waals surface area contributed by atoms with Gasteiger partial charge in [0.05, 0.1) is 0 Å². The monoisotopic (exact) mass is 364 g/mol. The van der Waals surface area contributed by atoms with Gasteiger partial charge in [-0.15, -0.1) is 0 Å². The van der Waals surface area contributed by atoms with Crippen molar-refractivity contribution in [3.63, 3.8) is 0 Å². The zero-order valence-electron chi connectivity index (χ0n) is 5.50. The fourth-order valence-corrected chi connectivity index (χ4v) is 1.34. The Hall–Kier alpha value is 1.22. The van der Waals surface area contributed by atoms with Crippen molar-refractivity contribution in [3.05, 3.63) is 21.1 Å². The van der Waals surface area contributed by atoms with Crippen LogP contribution in [0.2, 0.25) is 0 Å². The first kappa shape index (κ1) is 17.3. The maximum atomic E-state index is 2.23. The van der Waals surface area contributed by atoms with Crippen LogP contribution in [0.4, 0.5) is 0 Å². The molecule has 0 saturated heterocycles. The van der Waals surface area contributed by atoms with Gasteiger partial charge < -0.3 is 37.2 Å². The average Bonchev–Trinajstić information content (AvgIpc) is 1.91. The molecule has 0 nitrogen and oxygen atoms in total. The van der Waals surface area contributed by atoms with Crippen molar-refractivity contribution in [2.75, 3.05) is 0 Å². The topological polar surface area (TPSA) is 0 Å². The molecule has 0 saturated carbocycles. The molecule has 0 atom stereocenters. The molecule has 0 radical (unpaired) electrons. The van der Waals surface area contributed by atoms with Crippen molar-refractivity contribution in [1.82, 2.24) is 0 Å². The summed E-state index contributed by atoms with van der Waals surface area (Å²) in [4.78, 5) is 0. The molecule has 1 aliphatic carbocycles. The summed E-state index contributed by atoms with van der Waals surface area (Å²) in [6.45, 7) is 2.19. The van der Waals surface area contributed by atoms with Crippen molar-refractivity contribution >= 4 is 0 Å². The summed E-state index contributed by atoms with van der Waals surface area (Å²) < 4.78 is 1.65. The second-order valence-electron chi connectivity index (χ2n) is 1.77. The molecule has 0 N–H and O–H groups in total. The molecular weight excluding hydrogens is 357 g/mol. The molecule has 0 aromatic heterocycles. The molecule has 1 aliphatic rings. The third-order valence-electron chi connectivity index (χ3n) is 1.17. The van der Waals surface area contributed by atoms with E-state index in [9.17, 15) is 0 Å². The molecule has 1 rings (SSSR count). The van der Waals surface area contributed by atoms with E-state index in [-0.39, 0.29) is 37.2 Å². The molecule has 10 heavy (non-hydrogen) atoms.